The lowest BCUT2D eigenvalue weighted by molar-refractivity contribution is -0.120. The van der Waals surface area contributed by atoms with Gasteiger partial charge in [0.15, 0.2) is 5.78 Å². The lowest BCUT2D eigenvalue weighted by Crippen LogP contribution is -2.42. The van der Waals surface area contributed by atoms with E-state index in [2.05, 4.69) is 34.8 Å². The maximum Gasteiger partial charge on any atom is 0.251 e. The minimum absolute atomic E-state index is 0.0113. The van der Waals surface area contributed by atoms with E-state index in [4.69, 9.17) is 11.6 Å². The highest BCUT2D eigenvalue weighted by Gasteiger charge is 2.19. The molecule has 8 heteroatoms. The number of anilines is 1. The molecule has 36 heavy (non-hydrogen) atoms. The maximum atomic E-state index is 12.5. The number of hydrogen-bond donors (Lipinski definition) is 3. The average Bonchev–Trinajstić information content (AvgIpc) is 2.84. The number of rotatable bonds is 6. The Labute approximate surface area is 220 Å². The number of ketones is 1. The number of carbonyl (C=O) groups is 3. The molecule has 2 aromatic rings. The van der Waals surface area contributed by atoms with Crippen molar-refractivity contribution in [3.63, 3.8) is 0 Å². The molecule has 0 aromatic heterocycles. The van der Waals surface area contributed by atoms with E-state index in [0.29, 0.717) is 29.1 Å². The summed E-state index contributed by atoms with van der Waals surface area (Å²) in [6.45, 7) is 14.5. The minimum atomic E-state index is -0.241. The van der Waals surface area contributed by atoms with Crippen LogP contribution in [0.5, 0.6) is 0 Å². The summed E-state index contributed by atoms with van der Waals surface area (Å²) < 4.78 is 0. The van der Waals surface area contributed by atoms with Crippen LogP contribution in [0.15, 0.2) is 41.4 Å². The van der Waals surface area contributed by atoms with Gasteiger partial charge < -0.3 is 16.0 Å². The van der Waals surface area contributed by atoms with E-state index in [1.807, 2.05) is 39.8 Å². The van der Waals surface area contributed by atoms with Crippen molar-refractivity contribution >= 4 is 46.3 Å². The summed E-state index contributed by atoms with van der Waals surface area (Å²) in [6.07, 6.45) is 1.84. The molecule has 1 heterocycles. The molecular weight excluding hydrogens is 476 g/mol. The molecule has 3 N–H and O–H groups in total. The molecule has 3 rings (SSSR count). The second-order valence-corrected chi connectivity index (χ2v) is 8.85. The molecule has 2 aromatic carbocycles. The highest BCUT2D eigenvalue weighted by Crippen LogP contribution is 2.31. The van der Waals surface area contributed by atoms with Gasteiger partial charge in [-0.15, -0.1) is 0 Å². The standard InChI is InChI=1S/C20H20ClN3O2.C5H11NO.C3H8/c1-11-8-14(4-6-16(11)13(3)25)20(26)23-12(2)19-10-22-17-7-5-15(21)9-18(17)24-19;1-3-5(7)6-4-2;1-3-2/h4-9,12,22H,10H2,1-3H3,(H,23,26);3-4H2,1-2H3,(H,6,7);3H2,1-2H3. The summed E-state index contributed by atoms with van der Waals surface area (Å²) in [5.41, 5.74) is 4.45. The fourth-order valence-corrected chi connectivity index (χ4v) is 3.43. The Kier molecular flexibility index (Phi) is 13.5. The van der Waals surface area contributed by atoms with Crippen LogP contribution in [0.25, 0.3) is 0 Å². The zero-order chi connectivity index (χ0) is 27.3. The van der Waals surface area contributed by atoms with Crippen LogP contribution in [0, 0.1) is 6.92 Å². The van der Waals surface area contributed by atoms with Gasteiger partial charge in [0, 0.05) is 29.1 Å². The molecule has 0 aliphatic carbocycles. The Balaban J connectivity index is 0.000000552. The van der Waals surface area contributed by atoms with Crippen molar-refractivity contribution in [3.8, 4) is 0 Å². The van der Waals surface area contributed by atoms with Gasteiger partial charge in [0.05, 0.1) is 29.7 Å². The van der Waals surface area contributed by atoms with Crippen molar-refractivity contribution in [2.75, 3.05) is 18.4 Å². The second-order valence-electron chi connectivity index (χ2n) is 8.41. The van der Waals surface area contributed by atoms with Crippen molar-refractivity contribution in [1.82, 2.24) is 10.6 Å². The van der Waals surface area contributed by atoms with Crippen LogP contribution in [-0.2, 0) is 4.79 Å². The van der Waals surface area contributed by atoms with Gasteiger partial charge in [-0.25, -0.2) is 0 Å². The van der Waals surface area contributed by atoms with Crippen molar-refractivity contribution in [2.24, 2.45) is 4.99 Å². The first-order valence-electron chi connectivity index (χ1n) is 12.4. The van der Waals surface area contributed by atoms with Gasteiger partial charge in [-0.05, 0) is 63.6 Å². The fraction of sp³-hybridized carbons (Fsp3) is 0.429. The van der Waals surface area contributed by atoms with Gasteiger partial charge in [-0.1, -0.05) is 44.9 Å². The summed E-state index contributed by atoms with van der Waals surface area (Å²) in [4.78, 5) is 39.0. The molecule has 0 saturated carbocycles. The van der Waals surface area contributed by atoms with Crippen LogP contribution in [-0.4, -0.2) is 42.4 Å². The number of carbonyl (C=O) groups excluding carboxylic acids is 3. The predicted octanol–water partition coefficient (Wildman–Crippen LogP) is 6.12. The molecule has 0 bridgehead atoms. The number of benzene rings is 2. The number of amides is 2. The first-order chi connectivity index (χ1) is 17.1. The van der Waals surface area contributed by atoms with Gasteiger partial charge in [0.2, 0.25) is 5.91 Å². The van der Waals surface area contributed by atoms with Gasteiger partial charge in [-0.2, -0.15) is 0 Å². The molecule has 0 fully saturated rings. The number of aliphatic imine (C=N–C) groups is 1. The third kappa shape index (κ3) is 9.82. The topological polar surface area (TPSA) is 99.7 Å². The van der Waals surface area contributed by atoms with E-state index in [1.165, 1.54) is 13.3 Å². The van der Waals surface area contributed by atoms with Crippen LogP contribution in [0.4, 0.5) is 11.4 Å². The molecular formula is C28H39ClN4O3. The SMILES string of the molecule is CC(=O)c1ccc(C(=O)NC(C)C2=Nc3cc(Cl)ccc3NC2)cc1C.CCC.CCNC(=O)CC. The maximum absolute atomic E-state index is 12.5. The number of nitrogens with zero attached hydrogens (tertiary/aromatic N) is 1. The van der Waals surface area contributed by atoms with Gasteiger partial charge in [-0.3, -0.25) is 19.4 Å². The normalized spacial score (nSPS) is 12.2. The Bertz CT molecular complexity index is 1080. The summed E-state index contributed by atoms with van der Waals surface area (Å²) in [5.74, 6) is -0.0828. The number of hydrogen-bond acceptors (Lipinski definition) is 5. The van der Waals surface area contributed by atoms with E-state index in [1.54, 1.807) is 24.3 Å². The quantitative estimate of drug-likeness (QED) is 0.404. The van der Waals surface area contributed by atoms with Crippen LogP contribution >= 0.6 is 11.6 Å². The average molecular weight is 515 g/mol. The first-order valence-corrected chi connectivity index (χ1v) is 12.7. The third-order valence-electron chi connectivity index (χ3n) is 5.09. The number of aryl methyl sites for hydroxylation is 1. The Morgan fingerprint density at radius 3 is 2.28 bits per heavy atom. The minimum Gasteiger partial charge on any atom is -0.378 e. The summed E-state index contributed by atoms with van der Waals surface area (Å²) in [7, 11) is 0. The molecule has 1 aliphatic rings. The van der Waals surface area contributed by atoms with Crippen molar-refractivity contribution < 1.29 is 14.4 Å². The van der Waals surface area contributed by atoms with E-state index >= 15 is 0 Å². The van der Waals surface area contributed by atoms with Crippen LogP contribution < -0.4 is 16.0 Å². The number of Topliss-reactive ketones (excluding diaryl/α,β-unsaturated/α-hetero) is 1. The molecule has 2 amide bonds. The van der Waals surface area contributed by atoms with E-state index in [-0.39, 0.29) is 23.6 Å². The molecule has 0 radical (unpaired) electrons. The molecule has 1 unspecified atom stereocenters. The van der Waals surface area contributed by atoms with Crippen molar-refractivity contribution in [3.05, 3.63) is 58.1 Å². The Hall–Kier alpha value is -3.19. The zero-order valence-electron chi connectivity index (χ0n) is 22.4. The first kappa shape index (κ1) is 30.8. The third-order valence-corrected chi connectivity index (χ3v) is 5.33. The van der Waals surface area contributed by atoms with E-state index in [0.717, 1.165) is 29.2 Å². The van der Waals surface area contributed by atoms with Crippen LogP contribution in [0.3, 0.4) is 0 Å². The number of halogens is 1. The van der Waals surface area contributed by atoms with Crippen molar-refractivity contribution in [1.29, 1.82) is 0 Å². The van der Waals surface area contributed by atoms with Crippen LogP contribution in [0.1, 0.15) is 80.7 Å². The van der Waals surface area contributed by atoms with E-state index in [9.17, 15) is 14.4 Å². The van der Waals surface area contributed by atoms with Gasteiger partial charge >= 0.3 is 0 Å². The van der Waals surface area contributed by atoms with Gasteiger partial charge in [0.1, 0.15) is 0 Å². The molecule has 7 nitrogen and oxygen atoms in total. The molecule has 196 valence electrons. The smallest absolute Gasteiger partial charge is 0.251 e. The summed E-state index contributed by atoms with van der Waals surface area (Å²) >= 11 is 6.03. The number of fused-ring (bicyclic) bond motifs is 1. The zero-order valence-corrected chi connectivity index (χ0v) is 23.2. The Morgan fingerprint density at radius 1 is 1.08 bits per heavy atom. The highest BCUT2D eigenvalue weighted by molar-refractivity contribution is 6.31. The molecule has 0 saturated heterocycles. The predicted molar refractivity (Wildman–Crippen MR) is 150 cm³/mol. The van der Waals surface area contributed by atoms with Gasteiger partial charge in [0.25, 0.3) is 5.91 Å². The molecule has 1 aliphatic heterocycles. The summed E-state index contributed by atoms with van der Waals surface area (Å²) in [5, 5.41) is 9.52. The lowest BCUT2D eigenvalue weighted by Gasteiger charge is -2.23. The second kappa shape index (κ2) is 15.7. The highest BCUT2D eigenvalue weighted by atomic mass is 35.5. The van der Waals surface area contributed by atoms with Crippen molar-refractivity contribution in [2.45, 2.75) is 67.3 Å². The summed E-state index contributed by atoms with van der Waals surface area (Å²) in [6, 6.07) is 10.3. The largest absolute Gasteiger partial charge is 0.378 e. The monoisotopic (exact) mass is 514 g/mol. The lowest BCUT2D eigenvalue weighted by atomic mass is 10.0. The van der Waals surface area contributed by atoms with Crippen LogP contribution in [0.2, 0.25) is 5.02 Å². The Morgan fingerprint density at radius 2 is 1.75 bits per heavy atom. The number of nitrogens with one attached hydrogen (secondary N) is 3. The molecule has 1 atom stereocenters. The fourth-order valence-electron chi connectivity index (χ4n) is 3.26. The molecule has 0 spiro atoms. The van der Waals surface area contributed by atoms with E-state index < -0.39 is 0 Å².